The number of hydrogen-bond acceptors (Lipinski definition) is 4. The van der Waals surface area contributed by atoms with Crippen molar-refractivity contribution in [3.05, 3.63) is 17.0 Å². The van der Waals surface area contributed by atoms with Crippen LogP contribution in [-0.2, 0) is 4.79 Å². The summed E-state index contributed by atoms with van der Waals surface area (Å²) in [7, 11) is 0. The van der Waals surface area contributed by atoms with Gasteiger partial charge in [0, 0.05) is 12.1 Å². The molecule has 1 amide bonds. The average molecular weight is 280 g/mol. The molecule has 0 spiro atoms. The van der Waals surface area contributed by atoms with E-state index in [0.717, 1.165) is 0 Å². The van der Waals surface area contributed by atoms with Crippen LogP contribution in [0.4, 0.5) is 0 Å². The number of likely N-dealkylation sites (tertiary alicyclic amines) is 1. The molecule has 1 aliphatic rings. The normalized spacial score (nSPS) is 26.6. The minimum atomic E-state index is -0.846. The molecule has 1 saturated heterocycles. The summed E-state index contributed by atoms with van der Waals surface area (Å²) in [6.07, 6.45) is 1.29. The summed E-state index contributed by atoms with van der Waals surface area (Å²) >= 11 is 0. The fourth-order valence-corrected chi connectivity index (χ4v) is 3.03. The van der Waals surface area contributed by atoms with E-state index in [1.54, 1.807) is 25.7 Å². The van der Waals surface area contributed by atoms with Crippen LogP contribution in [0.3, 0.4) is 0 Å². The van der Waals surface area contributed by atoms with Crippen molar-refractivity contribution in [2.24, 2.45) is 5.92 Å². The standard InChI is InChI=1S/C14H20N2O4/c1-7-5-6-11(14(18)19)9(3)16(7)13(17)12-8(2)15-20-10(12)4/h7,9,11H,5-6H2,1-4H3,(H,18,19)/t7-,9+,11+/m1/s1. The first kappa shape index (κ1) is 14.6. The summed E-state index contributed by atoms with van der Waals surface area (Å²) in [5.41, 5.74) is 0.999. The van der Waals surface area contributed by atoms with E-state index >= 15 is 0 Å². The van der Waals surface area contributed by atoms with Crippen LogP contribution in [0.25, 0.3) is 0 Å². The third-order valence-electron chi connectivity index (χ3n) is 4.19. The molecule has 3 atom stereocenters. The molecule has 1 N–H and O–H groups in total. The molecule has 110 valence electrons. The maximum absolute atomic E-state index is 12.7. The van der Waals surface area contributed by atoms with Gasteiger partial charge in [0.05, 0.1) is 11.6 Å². The summed E-state index contributed by atoms with van der Waals surface area (Å²) < 4.78 is 5.04. The molecule has 1 aliphatic heterocycles. The number of amides is 1. The molecular weight excluding hydrogens is 260 g/mol. The van der Waals surface area contributed by atoms with Crippen molar-refractivity contribution >= 4 is 11.9 Å². The Morgan fingerprint density at radius 2 is 1.95 bits per heavy atom. The highest BCUT2D eigenvalue weighted by Gasteiger charge is 2.40. The molecule has 0 radical (unpaired) electrons. The maximum Gasteiger partial charge on any atom is 0.308 e. The van der Waals surface area contributed by atoms with Crippen LogP contribution < -0.4 is 0 Å². The number of aromatic nitrogens is 1. The van der Waals surface area contributed by atoms with Crippen molar-refractivity contribution in [1.29, 1.82) is 0 Å². The number of aryl methyl sites for hydroxylation is 2. The van der Waals surface area contributed by atoms with Crippen LogP contribution in [0, 0.1) is 19.8 Å². The molecule has 1 fully saturated rings. The minimum Gasteiger partial charge on any atom is -0.481 e. The second-order valence-electron chi connectivity index (χ2n) is 5.52. The highest BCUT2D eigenvalue weighted by molar-refractivity contribution is 5.96. The Labute approximate surface area is 117 Å². The lowest BCUT2D eigenvalue weighted by Gasteiger charge is -2.42. The summed E-state index contributed by atoms with van der Waals surface area (Å²) in [4.78, 5) is 25.7. The fraction of sp³-hybridized carbons (Fsp3) is 0.643. The van der Waals surface area contributed by atoms with Gasteiger partial charge in [0.25, 0.3) is 5.91 Å². The van der Waals surface area contributed by atoms with Gasteiger partial charge in [0.15, 0.2) is 0 Å². The van der Waals surface area contributed by atoms with E-state index in [1.807, 2.05) is 6.92 Å². The molecule has 0 aliphatic carbocycles. The van der Waals surface area contributed by atoms with Crippen LogP contribution in [0.15, 0.2) is 4.52 Å². The summed E-state index contributed by atoms with van der Waals surface area (Å²) in [5, 5.41) is 13.1. The van der Waals surface area contributed by atoms with Gasteiger partial charge >= 0.3 is 5.97 Å². The molecule has 6 nitrogen and oxygen atoms in total. The molecule has 1 aromatic rings. The van der Waals surface area contributed by atoms with Gasteiger partial charge in [0.1, 0.15) is 11.3 Å². The van der Waals surface area contributed by atoms with E-state index in [-0.39, 0.29) is 18.0 Å². The highest BCUT2D eigenvalue weighted by atomic mass is 16.5. The minimum absolute atomic E-state index is 0.0156. The molecule has 6 heteroatoms. The highest BCUT2D eigenvalue weighted by Crippen LogP contribution is 2.30. The predicted octanol–water partition coefficient (Wildman–Crippen LogP) is 2.01. The van der Waals surface area contributed by atoms with Crippen LogP contribution in [-0.4, -0.2) is 39.1 Å². The Kier molecular flexibility index (Phi) is 3.83. The van der Waals surface area contributed by atoms with Gasteiger partial charge in [-0.05, 0) is 40.5 Å². The molecule has 1 aromatic heterocycles. The van der Waals surface area contributed by atoms with Gasteiger partial charge in [-0.2, -0.15) is 0 Å². The summed E-state index contributed by atoms with van der Waals surface area (Å²) in [5.74, 6) is -1.08. The second-order valence-corrected chi connectivity index (χ2v) is 5.52. The number of carboxylic acid groups (broad SMARTS) is 1. The maximum atomic E-state index is 12.7. The van der Waals surface area contributed by atoms with Gasteiger partial charge in [0.2, 0.25) is 0 Å². The number of carbonyl (C=O) groups excluding carboxylic acids is 1. The molecule has 0 bridgehead atoms. The number of aliphatic carboxylic acids is 1. The number of carboxylic acids is 1. The quantitative estimate of drug-likeness (QED) is 0.895. The van der Waals surface area contributed by atoms with Crippen molar-refractivity contribution in [2.45, 2.75) is 52.6 Å². The largest absolute Gasteiger partial charge is 0.481 e. The van der Waals surface area contributed by atoms with E-state index in [4.69, 9.17) is 4.52 Å². The number of piperidine rings is 1. The third kappa shape index (κ3) is 2.30. The molecule has 0 unspecified atom stereocenters. The van der Waals surface area contributed by atoms with Gasteiger partial charge in [-0.25, -0.2) is 0 Å². The number of nitrogens with zero attached hydrogens (tertiary/aromatic N) is 2. The summed E-state index contributed by atoms with van der Waals surface area (Å²) in [6.45, 7) is 7.16. The van der Waals surface area contributed by atoms with E-state index in [1.165, 1.54) is 0 Å². The zero-order chi connectivity index (χ0) is 15.0. The Hall–Kier alpha value is -1.85. The lowest BCUT2D eigenvalue weighted by atomic mass is 9.86. The van der Waals surface area contributed by atoms with Crippen molar-refractivity contribution in [1.82, 2.24) is 10.1 Å². The topological polar surface area (TPSA) is 83.6 Å². The van der Waals surface area contributed by atoms with Crippen molar-refractivity contribution < 1.29 is 19.2 Å². The molecule has 0 saturated carbocycles. The molecule has 2 rings (SSSR count). The monoisotopic (exact) mass is 280 g/mol. The van der Waals surface area contributed by atoms with E-state index in [0.29, 0.717) is 29.9 Å². The Balaban J connectivity index is 2.34. The SMILES string of the molecule is Cc1noc(C)c1C(=O)N1[C@H](C)CC[C@H](C(=O)O)[C@@H]1C. The van der Waals surface area contributed by atoms with Crippen molar-refractivity contribution in [3.63, 3.8) is 0 Å². The third-order valence-corrected chi connectivity index (χ3v) is 4.19. The zero-order valence-corrected chi connectivity index (χ0v) is 12.2. The van der Waals surface area contributed by atoms with Gasteiger partial charge in [-0.1, -0.05) is 5.16 Å². The van der Waals surface area contributed by atoms with Gasteiger partial charge in [-0.15, -0.1) is 0 Å². The number of hydrogen-bond donors (Lipinski definition) is 1. The number of rotatable bonds is 2. The second kappa shape index (κ2) is 5.26. The molecular formula is C14H20N2O4. The van der Waals surface area contributed by atoms with Gasteiger partial charge < -0.3 is 14.5 Å². The van der Waals surface area contributed by atoms with Crippen LogP contribution in [0.2, 0.25) is 0 Å². The first-order valence-electron chi connectivity index (χ1n) is 6.83. The van der Waals surface area contributed by atoms with Crippen LogP contribution in [0.5, 0.6) is 0 Å². The summed E-state index contributed by atoms with van der Waals surface area (Å²) in [6, 6.07) is -0.320. The number of carbonyl (C=O) groups is 2. The Morgan fingerprint density at radius 1 is 1.30 bits per heavy atom. The zero-order valence-electron chi connectivity index (χ0n) is 12.2. The van der Waals surface area contributed by atoms with Crippen molar-refractivity contribution in [3.8, 4) is 0 Å². The van der Waals surface area contributed by atoms with E-state index in [9.17, 15) is 14.7 Å². The van der Waals surface area contributed by atoms with Crippen molar-refractivity contribution in [2.75, 3.05) is 0 Å². The molecule has 2 heterocycles. The Morgan fingerprint density at radius 3 is 2.45 bits per heavy atom. The van der Waals surface area contributed by atoms with E-state index < -0.39 is 11.9 Å². The molecule has 0 aromatic carbocycles. The fourth-order valence-electron chi connectivity index (χ4n) is 3.03. The average Bonchev–Trinajstić information content (AvgIpc) is 2.68. The lowest BCUT2D eigenvalue weighted by molar-refractivity contribution is -0.145. The van der Waals surface area contributed by atoms with E-state index in [2.05, 4.69) is 5.16 Å². The van der Waals surface area contributed by atoms with Crippen LogP contribution >= 0.6 is 0 Å². The smallest absolute Gasteiger partial charge is 0.308 e. The van der Waals surface area contributed by atoms with Gasteiger partial charge in [-0.3, -0.25) is 9.59 Å². The lowest BCUT2D eigenvalue weighted by Crippen LogP contribution is -2.53. The first-order chi connectivity index (χ1) is 9.34. The predicted molar refractivity (Wildman–Crippen MR) is 71.4 cm³/mol. The Bertz CT molecular complexity index is 518. The molecule has 20 heavy (non-hydrogen) atoms. The first-order valence-corrected chi connectivity index (χ1v) is 6.83. The van der Waals surface area contributed by atoms with Crippen LogP contribution in [0.1, 0.15) is 48.5 Å².